The number of rotatable bonds is 6. The van der Waals surface area contributed by atoms with E-state index in [0.717, 1.165) is 16.0 Å². The Kier molecular flexibility index (Phi) is 5.10. The van der Waals surface area contributed by atoms with Crippen molar-refractivity contribution < 1.29 is 12.8 Å². The van der Waals surface area contributed by atoms with E-state index in [1.165, 1.54) is 23.5 Å². The summed E-state index contributed by atoms with van der Waals surface area (Å²) < 4.78 is 40.1. The third-order valence-electron chi connectivity index (χ3n) is 3.04. The monoisotopic (exact) mass is 328 g/mol. The molecule has 0 unspecified atom stereocenters. The van der Waals surface area contributed by atoms with Gasteiger partial charge in [0.05, 0.1) is 0 Å². The summed E-state index contributed by atoms with van der Waals surface area (Å²) in [5, 5.41) is 0. The summed E-state index contributed by atoms with van der Waals surface area (Å²) in [7, 11) is -3.53. The van der Waals surface area contributed by atoms with Gasteiger partial charge < -0.3 is 5.73 Å². The molecule has 0 aliphatic heterocycles. The summed E-state index contributed by atoms with van der Waals surface area (Å²) >= 11 is 1.18. The first-order valence-corrected chi connectivity index (χ1v) is 8.76. The summed E-state index contributed by atoms with van der Waals surface area (Å²) in [6.07, 6.45) is 0.436. The summed E-state index contributed by atoms with van der Waals surface area (Å²) in [4.78, 5) is 0.862. The average Bonchev–Trinajstić information content (AvgIpc) is 2.81. The van der Waals surface area contributed by atoms with Gasteiger partial charge in [-0.3, -0.25) is 0 Å². The van der Waals surface area contributed by atoms with E-state index in [2.05, 4.69) is 4.72 Å². The van der Waals surface area contributed by atoms with Crippen LogP contribution in [0, 0.1) is 12.7 Å². The van der Waals surface area contributed by atoms with E-state index in [1.54, 1.807) is 18.2 Å². The summed E-state index contributed by atoms with van der Waals surface area (Å²) in [5.41, 5.74) is 7.19. The van der Waals surface area contributed by atoms with Crippen LogP contribution in [-0.2, 0) is 23.0 Å². The number of thiophene rings is 1. The standard InChI is InChI=1S/C14H17FN2O2S2/c1-10-7-14(20-13(10)9-16)21(18,19)17-6-5-11-3-2-4-12(15)8-11/h2-4,7-8,17H,5-6,9,16H2,1H3. The van der Waals surface area contributed by atoms with Gasteiger partial charge in [-0.15, -0.1) is 11.3 Å². The van der Waals surface area contributed by atoms with Crippen molar-refractivity contribution >= 4 is 21.4 Å². The maximum absolute atomic E-state index is 13.0. The highest BCUT2D eigenvalue weighted by Crippen LogP contribution is 2.25. The minimum atomic E-state index is -3.53. The van der Waals surface area contributed by atoms with E-state index in [4.69, 9.17) is 5.73 Å². The van der Waals surface area contributed by atoms with Crippen molar-refractivity contribution in [3.8, 4) is 0 Å². The van der Waals surface area contributed by atoms with Gasteiger partial charge in [0.1, 0.15) is 10.0 Å². The van der Waals surface area contributed by atoms with Crippen molar-refractivity contribution in [3.63, 3.8) is 0 Å². The van der Waals surface area contributed by atoms with Crippen LogP contribution in [0.4, 0.5) is 4.39 Å². The van der Waals surface area contributed by atoms with Gasteiger partial charge >= 0.3 is 0 Å². The van der Waals surface area contributed by atoms with Gasteiger partial charge in [-0.05, 0) is 42.7 Å². The zero-order valence-electron chi connectivity index (χ0n) is 11.6. The SMILES string of the molecule is Cc1cc(S(=O)(=O)NCCc2cccc(F)c2)sc1CN. The van der Waals surface area contributed by atoms with E-state index >= 15 is 0 Å². The highest BCUT2D eigenvalue weighted by molar-refractivity contribution is 7.91. The van der Waals surface area contributed by atoms with Crippen molar-refractivity contribution in [2.75, 3.05) is 6.54 Å². The molecule has 0 radical (unpaired) electrons. The molecule has 2 aromatic rings. The zero-order chi connectivity index (χ0) is 15.5. The highest BCUT2D eigenvalue weighted by Gasteiger charge is 2.17. The first-order valence-electron chi connectivity index (χ1n) is 6.46. The minimum Gasteiger partial charge on any atom is -0.326 e. The van der Waals surface area contributed by atoms with Crippen LogP contribution in [0.5, 0.6) is 0 Å². The lowest BCUT2D eigenvalue weighted by Gasteiger charge is -2.05. The predicted molar refractivity (Wildman–Crippen MR) is 82.2 cm³/mol. The molecule has 1 aromatic heterocycles. The number of hydrogen-bond acceptors (Lipinski definition) is 4. The van der Waals surface area contributed by atoms with Crippen LogP contribution in [0.2, 0.25) is 0 Å². The van der Waals surface area contributed by atoms with Crippen LogP contribution in [0.1, 0.15) is 16.0 Å². The molecule has 1 aromatic carbocycles. The molecule has 114 valence electrons. The molecule has 7 heteroatoms. The van der Waals surface area contributed by atoms with E-state index < -0.39 is 10.0 Å². The van der Waals surface area contributed by atoms with Crippen molar-refractivity contribution in [2.24, 2.45) is 5.73 Å². The van der Waals surface area contributed by atoms with Crippen molar-refractivity contribution in [2.45, 2.75) is 24.1 Å². The fourth-order valence-electron chi connectivity index (χ4n) is 1.92. The Morgan fingerprint density at radius 3 is 2.71 bits per heavy atom. The quantitative estimate of drug-likeness (QED) is 0.854. The Hall–Kier alpha value is -1.28. The maximum Gasteiger partial charge on any atom is 0.250 e. The average molecular weight is 328 g/mol. The van der Waals surface area contributed by atoms with E-state index in [9.17, 15) is 12.8 Å². The van der Waals surface area contributed by atoms with Crippen LogP contribution in [-0.4, -0.2) is 15.0 Å². The molecular weight excluding hydrogens is 311 g/mol. The summed E-state index contributed by atoms with van der Waals surface area (Å²) in [5.74, 6) is -0.322. The molecule has 0 atom stereocenters. The molecule has 1 heterocycles. The third-order valence-corrected chi connectivity index (χ3v) is 6.24. The molecule has 4 nitrogen and oxygen atoms in total. The van der Waals surface area contributed by atoms with Crippen LogP contribution in [0.15, 0.2) is 34.5 Å². The van der Waals surface area contributed by atoms with Crippen LogP contribution in [0.25, 0.3) is 0 Å². The molecule has 0 aliphatic carbocycles. The van der Waals surface area contributed by atoms with Crippen LogP contribution in [0.3, 0.4) is 0 Å². The fraction of sp³-hybridized carbons (Fsp3) is 0.286. The molecule has 0 saturated carbocycles. The zero-order valence-corrected chi connectivity index (χ0v) is 13.2. The lowest BCUT2D eigenvalue weighted by atomic mass is 10.1. The number of nitrogens with two attached hydrogens (primary N) is 1. The van der Waals surface area contributed by atoms with E-state index in [-0.39, 0.29) is 16.6 Å². The maximum atomic E-state index is 13.0. The van der Waals surface area contributed by atoms with Gasteiger partial charge in [-0.25, -0.2) is 17.5 Å². The van der Waals surface area contributed by atoms with Gasteiger partial charge in [-0.1, -0.05) is 12.1 Å². The molecular formula is C14H17FN2O2S2. The Labute approximate surface area is 127 Å². The largest absolute Gasteiger partial charge is 0.326 e. The van der Waals surface area contributed by atoms with Crippen molar-refractivity contribution in [1.29, 1.82) is 0 Å². The van der Waals surface area contributed by atoms with E-state index in [0.29, 0.717) is 13.0 Å². The second-order valence-corrected chi connectivity index (χ2v) is 7.78. The van der Waals surface area contributed by atoms with Crippen molar-refractivity contribution in [3.05, 3.63) is 52.2 Å². The summed E-state index contributed by atoms with van der Waals surface area (Å²) in [6.45, 7) is 2.39. The summed E-state index contributed by atoms with van der Waals surface area (Å²) in [6, 6.07) is 7.75. The number of halogens is 1. The number of aryl methyl sites for hydroxylation is 1. The fourth-order valence-corrected chi connectivity index (χ4v) is 4.46. The predicted octanol–water partition coefficient (Wildman–Crippen LogP) is 2.18. The van der Waals surface area contributed by atoms with Gasteiger partial charge in [0.25, 0.3) is 0 Å². The first-order chi connectivity index (χ1) is 9.92. The molecule has 0 fully saturated rings. The minimum absolute atomic E-state index is 0.223. The van der Waals surface area contributed by atoms with Crippen LogP contribution >= 0.6 is 11.3 Å². The van der Waals surface area contributed by atoms with Crippen molar-refractivity contribution in [1.82, 2.24) is 4.72 Å². The Morgan fingerprint density at radius 1 is 1.33 bits per heavy atom. The molecule has 21 heavy (non-hydrogen) atoms. The molecule has 2 rings (SSSR count). The lowest BCUT2D eigenvalue weighted by Crippen LogP contribution is -2.25. The topological polar surface area (TPSA) is 72.2 Å². The number of benzene rings is 1. The molecule has 0 spiro atoms. The third kappa shape index (κ3) is 4.10. The van der Waals surface area contributed by atoms with E-state index in [1.807, 2.05) is 6.92 Å². The highest BCUT2D eigenvalue weighted by atomic mass is 32.2. The molecule has 0 bridgehead atoms. The molecule has 0 amide bonds. The Balaban J connectivity index is 2.01. The second-order valence-electron chi connectivity index (χ2n) is 4.65. The Bertz CT molecular complexity index is 726. The molecule has 0 aliphatic rings. The number of hydrogen-bond donors (Lipinski definition) is 2. The smallest absolute Gasteiger partial charge is 0.250 e. The normalized spacial score (nSPS) is 11.8. The molecule has 0 saturated heterocycles. The molecule has 3 N–H and O–H groups in total. The van der Waals surface area contributed by atoms with Gasteiger partial charge in [0.2, 0.25) is 10.0 Å². The number of sulfonamides is 1. The Morgan fingerprint density at radius 2 is 2.10 bits per heavy atom. The lowest BCUT2D eigenvalue weighted by molar-refractivity contribution is 0.583. The second kappa shape index (κ2) is 6.65. The number of nitrogens with one attached hydrogen (secondary N) is 1. The van der Waals surface area contributed by atoms with Gasteiger partial charge in [-0.2, -0.15) is 0 Å². The van der Waals surface area contributed by atoms with Crippen LogP contribution < -0.4 is 10.5 Å². The van der Waals surface area contributed by atoms with Gasteiger partial charge in [0.15, 0.2) is 0 Å². The van der Waals surface area contributed by atoms with Gasteiger partial charge in [0, 0.05) is 18.0 Å². The first kappa shape index (κ1) is 16.1.